The summed E-state index contributed by atoms with van der Waals surface area (Å²) in [5.74, 6) is -1.47. The molecule has 0 aliphatic rings. The van der Waals surface area contributed by atoms with E-state index in [0.717, 1.165) is 96.3 Å². The van der Waals surface area contributed by atoms with Gasteiger partial charge in [-0.05, 0) is 31.6 Å². The number of hydrogen-bond acceptors (Lipinski definition) is 15. The van der Waals surface area contributed by atoms with Crippen LogP contribution in [0, 0.1) is 5.92 Å². The molecule has 2 unspecified atom stereocenters. The second-order valence-corrected chi connectivity index (χ2v) is 28.3. The second-order valence-electron chi connectivity index (χ2n) is 25.4. The Balaban J connectivity index is 5.07. The van der Waals surface area contributed by atoms with Crippen LogP contribution >= 0.6 is 15.6 Å². The maximum absolute atomic E-state index is 13.0. The minimum absolute atomic E-state index is 0.101. The molecule has 5 atom stereocenters. The Bertz CT molecular complexity index is 1700. The molecule has 0 spiro atoms. The Kier molecular flexibility index (Phi) is 61.1. The van der Waals surface area contributed by atoms with Crippen LogP contribution < -0.4 is 0 Å². The zero-order chi connectivity index (χ0) is 64.9. The molecular weight excluding hydrogens is 1160 g/mol. The molecule has 0 aromatic heterocycles. The molecule has 0 fully saturated rings. The highest BCUT2D eigenvalue weighted by molar-refractivity contribution is 7.47. The van der Waals surface area contributed by atoms with Gasteiger partial charge in [-0.25, -0.2) is 9.13 Å². The average molecular weight is 1300 g/mol. The molecule has 522 valence electrons. The van der Waals surface area contributed by atoms with Gasteiger partial charge in [0.05, 0.1) is 26.4 Å². The van der Waals surface area contributed by atoms with Crippen LogP contribution in [-0.4, -0.2) is 96.7 Å². The van der Waals surface area contributed by atoms with Gasteiger partial charge in [-0.15, -0.1) is 0 Å². The minimum Gasteiger partial charge on any atom is -0.462 e. The Morgan fingerprint density at radius 3 is 0.773 bits per heavy atom. The number of hydrogen-bond donors (Lipinski definition) is 3. The summed E-state index contributed by atoms with van der Waals surface area (Å²) in [6.07, 6.45) is 49.4. The highest BCUT2D eigenvalue weighted by atomic mass is 31.2. The first-order valence-electron chi connectivity index (χ1n) is 36.1. The van der Waals surface area contributed by atoms with Crippen molar-refractivity contribution in [3.8, 4) is 0 Å². The summed E-state index contributed by atoms with van der Waals surface area (Å²) in [6.45, 7) is 7.04. The fourth-order valence-electron chi connectivity index (χ4n) is 10.5. The van der Waals surface area contributed by atoms with Crippen molar-refractivity contribution >= 4 is 39.5 Å². The van der Waals surface area contributed by atoms with Crippen molar-refractivity contribution in [1.29, 1.82) is 0 Å². The van der Waals surface area contributed by atoms with E-state index in [-0.39, 0.29) is 25.7 Å². The quantitative estimate of drug-likeness (QED) is 0.0222. The lowest BCUT2D eigenvalue weighted by Crippen LogP contribution is -2.30. The van der Waals surface area contributed by atoms with Gasteiger partial charge >= 0.3 is 39.5 Å². The number of ether oxygens (including phenoxy) is 4. The fraction of sp³-hybridized carbons (Fsp3) is 0.942. The maximum atomic E-state index is 13.0. The predicted molar refractivity (Wildman–Crippen MR) is 354 cm³/mol. The molecule has 0 amide bonds. The van der Waals surface area contributed by atoms with Crippen LogP contribution in [0.3, 0.4) is 0 Å². The number of aliphatic hydroxyl groups excluding tert-OH is 1. The standard InChI is InChI=1S/C69H134O17P2/c1-6-9-12-15-17-19-21-23-24-25-26-27-28-29-30-31-32-34-36-38-44-49-54-68(73)85-65(59-80-67(72)53-48-43-37-35-33-22-20-18-16-13-10-7-2)61-84-88(77,78)82-57-63(70)56-81-87(75,76)83-60-64(58-79-66(71)52-47-41-14-11-8-3)86-69(74)55-50-45-40-39-42-46-51-62(4)5/h62-65,70H,6-61H2,1-5H3,(H,75,76)(H,77,78)/t63-,64+,65+/m0/s1. The number of rotatable bonds is 69. The third-order valence-corrected chi connectivity index (χ3v) is 17.9. The summed E-state index contributed by atoms with van der Waals surface area (Å²) in [5.41, 5.74) is 0. The normalized spacial score (nSPS) is 14.1. The molecule has 0 aliphatic heterocycles. The molecule has 19 heteroatoms. The molecule has 0 heterocycles. The molecule has 3 N–H and O–H groups in total. The number of unbranched alkanes of at least 4 members (excludes halogenated alkanes) is 41. The monoisotopic (exact) mass is 1300 g/mol. The third kappa shape index (κ3) is 62.8. The second kappa shape index (κ2) is 62.5. The van der Waals surface area contributed by atoms with E-state index in [4.69, 9.17) is 37.0 Å². The first-order valence-corrected chi connectivity index (χ1v) is 39.1. The number of aliphatic hydroxyl groups is 1. The van der Waals surface area contributed by atoms with E-state index in [1.807, 2.05) is 0 Å². The summed E-state index contributed by atoms with van der Waals surface area (Å²) in [6, 6.07) is 0. The Hall–Kier alpha value is -1.94. The zero-order valence-corrected chi connectivity index (χ0v) is 58.6. The average Bonchev–Trinajstić information content (AvgIpc) is 3.64. The Morgan fingerprint density at radius 2 is 0.523 bits per heavy atom. The van der Waals surface area contributed by atoms with Gasteiger partial charge < -0.3 is 33.8 Å². The smallest absolute Gasteiger partial charge is 0.462 e. The largest absolute Gasteiger partial charge is 0.472 e. The van der Waals surface area contributed by atoms with E-state index < -0.39 is 97.5 Å². The van der Waals surface area contributed by atoms with Crippen molar-refractivity contribution < 1.29 is 80.2 Å². The van der Waals surface area contributed by atoms with Gasteiger partial charge in [0.25, 0.3) is 0 Å². The number of phosphoric acid groups is 2. The Morgan fingerprint density at radius 1 is 0.307 bits per heavy atom. The van der Waals surface area contributed by atoms with Crippen LogP contribution in [0.2, 0.25) is 0 Å². The van der Waals surface area contributed by atoms with Crippen molar-refractivity contribution in [2.24, 2.45) is 5.92 Å². The lowest BCUT2D eigenvalue weighted by Gasteiger charge is -2.21. The highest BCUT2D eigenvalue weighted by Crippen LogP contribution is 2.45. The summed E-state index contributed by atoms with van der Waals surface area (Å²) in [5, 5.41) is 10.5. The minimum atomic E-state index is -4.95. The predicted octanol–water partition coefficient (Wildman–Crippen LogP) is 19.7. The molecule has 0 rings (SSSR count). The molecule has 0 saturated heterocycles. The van der Waals surface area contributed by atoms with E-state index in [9.17, 15) is 43.2 Å². The molecule has 0 aliphatic carbocycles. The zero-order valence-electron chi connectivity index (χ0n) is 56.9. The van der Waals surface area contributed by atoms with Crippen LogP contribution in [0.4, 0.5) is 0 Å². The maximum Gasteiger partial charge on any atom is 0.472 e. The first-order chi connectivity index (χ1) is 42.5. The summed E-state index contributed by atoms with van der Waals surface area (Å²) in [7, 11) is -9.88. The summed E-state index contributed by atoms with van der Waals surface area (Å²) in [4.78, 5) is 72.1. The van der Waals surface area contributed by atoms with Crippen LogP contribution in [0.25, 0.3) is 0 Å². The molecule has 0 radical (unpaired) electrons. The highest BCUT2D eigenvalue weighted by Gasteiger charge is 2.30. The number of carbonyl (C=O) groups excluding carboxylic acids is 4. The SMILES string of the molecule is CCCCCCCCCCCCCCCCCCCCCCCCC(=O)O[C@H](COC(=O)CCCCCCCCCCCCCC)COP(=O)(O)OC[C@@H](O)COP(=O)(O)OC[C@@H](COC(=O)CCCCCCC)OC(=O)CCCCCCCCC(C)C. The molecule has 17 nitrogen and oxygen atoms in total. The van der Waals surface area contributed by atoms with Crippen molar-refractivity contribution in [2.45, 2.75) is 374 Å². The molecule has 0 bridgehead atoms. The summed E-state index contributed by atoms with van der Waals surface area (Å²) < 4.78 is 67.9. The number of esters is 4. The van der Waals surface area contributed by atoms with Crippen molar-refractivity contribution in [1.82, 2.24) is 0 Å². The van der Waals surface area contributed by atoms with Crippen molar-refractivity contribution in [3.63, 3.8) is 0 Å². The van der Waals surface area contributed by atoms with E-state index in [2.05, 4.69) is 34.6 Å². The number of phosphoric ester groups is 2. The van der Waals surface area contributed by atoms with Gasteiger partial charge in [0.2, 0.25) is 0 Å². The Labute approximate surface area is 537 Å². The van der Waals surface area contributed by atoms with Gasteiger partial charge in [0.15, 0.2) is 12.2 Å². The molecule has 88 heavy (non-hydrogen) atoms. The van der Waals surface area contributed by atoms with Crippen LogP contribution in [0.5, 0.6) is 0 Å². The van der Waals surface area contributed by atoms with Gasteiger partial charge in [-0.3, -0.25) is 37.3 Å². The number of carbonyl (C=O) groups is 4. The van der Waals surface area contributed by atoms with Gasteiger partial charge in [-0.1, -0.05) is 304 Å². The lowest BCUT2D eigenvalue weighted by molar-refractivity contribution is -0.161. The van der Waals surface area contributed by atoms with Gasteiger partial charge in [0.1, 0.15) is 19.3 Å². The molecule has 0 aromatic rings. The fourth-order valence-corrected chi connectivity index (χ4v) is 12.0. The van der Waals surface area contributed by atoms with E-state index in [1.165, 1.54) is 173 Å². The molecule has 0 aromatic carbocycles. The third-order valence-electron chi connectivity index (χ3n) is 16.0. The van der Waals surface area contributed by atoms with E-state index >= 15 is 0 Å². The van der Waals surface area contributed by atoms with Gasteiger partial charge in [0, 0.05) is 25.7 Å². The summed E-state index contributed by atoms with van der Waals surface area (Å²) >= 11 is 0. The molecular formula is C69H134O17P2. The van der Waals surface area contributed by atoms with Crippen LogP contribution in [0.1, 0.15) is 356 Å². The van der Waals surface area contributed by atoms with Crippen LogP contribution in [0.15, 0.2) is 0 Å². The van der Waals surface area contributed by atoms with Crippen molar-refractivity contribution in [3.05, 3.63) is 0 Å². The van der Waals surface area contributed by atoms with Gasteiger partial charge in [-0.2, -0.15) is 0 Å². The van der Waals surface area contributed by atoms with Crippen LogP contribution in [-0.2, 0) is 65.4 Å². The van der Waals surface area contributed by atoms with E-state index in [0.29, 0.717) is 31.6 Å². The topological polar surface area (TPSA) is 237 Å². The van der Waals surface area contributed by atoms with E-state index in [1.54, 1.807) is 0 Å². The first kappa shape index (κ1) is 86.1. The molecule has 0 saturated carbocycles. The lowest BCUT2D eigenvalue weighted by atomic mass is 10.0. The van der Waals surface area contributed by atoms with Crippen molar-refractivity contribution in [2.75, 3.05) is 39.6 Å².